The van der Waals surface area contributed by atoms with Crippen LogP contribution in [-0.2, 0) is 21.4 Å². The van der Waals surface area contributed by atoms with E-state index in [9.17, 15) is 17.6 Å². The summed E-state index contributed by atoms with van der Waals surface area (Å²) in [5.74, 6) is -0.689. The van der Waals surface area contributed by atoms with Crippen molar-refractivity contribution in [2.75, 3.05) is 11.3 Å². The van der Waals surface area contributed by atoms with Crippen LogP contribution < -0.4 is 4.72 Å². The number of halogens is 1. The van der Waals surface area contributed by atoms with Gasteiger partial charge in [-0.25, -0.2) is 12.8 Å². The van der Waals surface area contributed by atoms with Gasteiger partial charge in [-0.2, -0.15) is 0 Å². The van der Waals surface area contributed by atoms with Crippen LogP contribution >= 0.6 is 0 Å². The quantitative estimate of drug-likeness (QED) is 0.685. The fraction of sp³-hybridized carbons (Fsp3) is 0.200. The number of pyridine rings is 1. The average molecular weight is 401 g/mol. The molecule has 2 aromatic carbocycles. The maximum atomic E-state index is 14.0. The minimum Gasteiger partial charge on any atom is -0.339 e. The Morgan fingerprint density at radius 3 is 2.61 bits per heavy atom. The van der Waals surface area contributed by atoms with Crippen LogP contribution in [0, 0.1) is 5.82 Å². The Labute approximate surface area is 163 Å². The second-order valence-corrected chi connectivity index (χ2v) is 7.89. The smallest absolute Gasteiger partial charge is 0.262 e. The second-order valence-electron chi connectivity index (χ2n) is 6.24. The lowest BCUT2D eigenvalue weighted by Crippen LogP contribution is -2.28. The molecule has 3 aromatic rings. The molecule has 1 amide bonds. The molecule has 0 aliphatic carbocycles. The number of rotatable bonds is 6. The van der Waals surface area contributed by atoms with Crippen LogP contribution in [0.25, 0.3) is 10.9 Å². The molecule has 8 heteroatoms. The van der Waals surface area contributed by atoms with Crippen LogP contribution in [0.3, 0.4) is 0 Å². The molecule has 1 aromatic heterocycles. The molecule has 28 heavy (non-hydrogen) atoms. The van der Waals surface area contributed by atoms with Gasteiger partial charge in [-0.3, -0.25) is 14.5 Å². The van der Waals surface area contributed by atoms with Crippen LogP contribution in [-0.4, -0.2) is 30.8 Å². The van der Waals surface area contributed by atoms with Crippen LogP contribution in [0.15, 0.2) is 59.6 Å². The molecule has 0 saturated carbocycles. The highest BCUT2D eigenvalue weighted by Gasteiger charge is 2.21. The van der Waals surface area contributed by atoms with Crippen molar-refractivity contribution in [3.8, 4) is 0 Å². The summed E-state index contributed by atoms with van der Waals surface area (Å²) in [7, 11) is -4.00. The van der Waals surface area contributed by atoms with E-state index in [1.165, 1.54) is 25.3 Å². The summed E-state index contributed by atoms with van der Waals surface area (Å²) in [6.45, 7) is 4.10. The van der Waals surface area contributed by atoms with Crippen molar-refractivity contribution in [3.63, 3.8) is 0 Å². The minimum absolute atomic E-state index is 0.00704. The standard InChI is InChI=1S/C20H20FN3O3S/c1-3-24(14(2)25)13-15-7-4-5-9-18(15)23-28(26,27)19-11-10-17(21)20-16(19)8-6-12-22-20/h4-12,23H,3,13H2,1-2H3. The number of benzene rings is 2. The minimum atomic E-state index is -4.00. The molecular weight excluding hydrogens is 381 g/mol. The van der Waals surface area contributed by atoms with E-state index in [1.54, 1.807) is 35.2 Å². The van der Waals surface area contributed by atoms with E-state index in [1.807, 2.05) is 6.92 Å². The van der Waals surface area contributed by atoms with Crippen LogP contribution in [0.5, 0.6) is 0 Å². The summed E-state index contributed by atoms with van der Waals surface area (Å²) < 4.78 is 42.6. The molecule has 0 radical (unpaired) electrons. The van der Waals surface area contributed by atoms with E-state index >= 15 is 0 Å². The molecule has 0 aliphatic heterocycles. The third-order valence-corrected chi connectivity index (χ3v) is 5.84. The third kappa shape index (κ3) is 3.96. The summed E-state index contributed by atoms with van der Waals surface area (Å²) in [5.41, 5.74) is 1.02. The van der Waals surface area contributed by atoms with Crippen molar-refractivity contribution in [1.82, 2.24) is 9.88 Å². The molecular formula is C20H20FN3O3S. The first-order valence-corrected chi connectivity index (χ1v) is 10.2. The van der Waals surface area contributed by atoms with E-state index < -0.39 is 15.8 Å². The molecule has 0 saturated heterocycles. The predicted molar refractivity (Wildman–Crippen MR) is 106 cm³/mol. The zero-order valence-corrected chi connectivity index (χ0v) is 16.3. The van der Waals surface area contributed by atoms with E-state index in [0.717, 1.165) is 6.07 Å². The van der Waals surface area contributed by atoms with Crippen molar-refractivity contribution >= 4 is 32.5 Å². The lowest BCUT2D eigenvalue weighted by molar-refractivity contribution is -0.129. The molecule has 0 atom stereocenters. The molecule has 0 fully saturated rings. The Morgan fingerprint density at radius 1 is 1.14 bits per heavy atom. The summed E-state index contributed by atoms with van der Waals surface area (Å²) in [5, 5.41) is 0.200. The lowest BCUT2D eigenvalue weighted by Gasteiger charge is -2.21. The number of nitrogens with one attached hydrogen (secondary N) is 1. The van der Waals surface area contributed by atoms with Gasteiger partial charge in [0.25, 0.3) is 10.0 Å². The largest absolute Gasteiger partial charge is 0.339 e. The Morgan fingerprint density at radius 2 is 1.89 bits per heavy atom. The highest BCUT2D eigenvalue weighted by Crippen LogP contribution is 2.27. The number of aromatic nitrogens is 1. The van der Waals surface area contributed by atoms with Crippen LogP contribution in [0.4, 0.5) is 10.1 Å². The molecule has 0 unspecified atom stereocenters. The first-order chi connectivity index (χ1) is 13.3. The van der Waals surface area contributed by atoms with Crippen molar-refractivity contribution < 1.29 is 17.6 Å². The number of hydrogen-bond acceptors (Lipinski definition) is 4. The topological polar surface area (TPSA) is 79.4 Å². The van der Waals surface area contributed by atoms with Crippen molar-refractivity contribution in [2.24, 2.45) is 0 Å². The predicted octanol–water partition coefficient (Wildman–Crippen LogP) is 3.54. The maximum absolute atomic E-state index is 14.0. The van der Waals surface area contributed by atoms with Crippen molar-refractivity contribution in [2.45, 2.75) is 25.3 Å². The van der Waals surface area contributed by atoms with Gasteiger partial charge in [0, 0.05) is 31.6 Å². The highest BCUT2D eigenvalue weighted by atomic mass is 32.2. The Hall–Kier alpha value is -3.00. The SMILES string of the molecule is CCN(Cc1ccccc1NS(=O)(=O)c1ccc(F)c2ncccc12)C(C)=O. The number of para-hydroxylation sites is 1. The van der Waals surface area contributed by atoms with Crippen LogP contribution in [0.2, 0.25) is 0 Å². The molecule has 0 aliphatic rings. The fourth-order valence-corrected chi connectivity index (χ4v) is 4.26. The van der Waals surface area contributed by atoms with Gasteiger partial charge < -0.3 is 4.90 Å². The molecule has 6 nitrogen and oxygen atoms in total. The Balaban J connectivity index is 2.01. The molecule has 1 N–H and O–H groups in total. The van der Waals surface area contributed by atoms with Gasteiger partial charge >= 0.3 is 0 Å². The number of sulfonamides is 1. The van der Waals surface area contributed by atoms with Gasteiger partial charge in [-0.15, -0.1) is 0 Å². The fourth-order valence-electron chi connectivity index (χ4n) is 2.96. The normalized spacial score (nSPS) is 11.4. The monoisotopic (exact) mass is 401 g/mol. The van der Waals surface area contributed by atoms with Gasteiger partial charge in [0.15, 0.2) is 0 Å². The number of amides is 1. The van der Waals surface area contributed by atoms with E-state index in [4.69, 9.17) is 0 Å². The van der Waals surface area contributed by atoms with E-state index in [0.29, 0.717) is 17.8 Å². The van der Waals surface area contributed by atoms with Crippen molar-refractivity contribution in [1.29, 1.82) is 0 Å². The first kappa shape index (κ1) is 19.8. The molecule has 0 spiro atoms. The summed E-state index contributed by atoms with van der Waals surface area (Å²) >= 11 is 0. The number of anilines is 1. The van der Waals surface area contributed by atoms with Gasteiger partial charge in [0.05, 0.1) is 10.6 Å². The zero-order chi connectivity index (χ0) is 20.3. The number of hydrogen-bond donors (Lipinski definition) is 1. The third-order valence-electron chi connectivity index (χ3n) is 4.42. The number of carbonyl (C=O) groups excluding carboxylic acids is 1. The molecule has 1 heterocycles. The first-order valence-electron chi connectivity index (χ1n) is 8.73. The van der Waals surface area contributed by atoms with Crippen LogP contribution in [0.1, 0.15) is 19.4 Å². The highest BCUT2D eigenvalue weighted by molar-refractivity contribution is 7.93. The van der Waals surface area contributed by atoms with E-state index in [2.05, 4.69) is 9.71 Å². The summed E-state index contributed by atoms with van der Waals surface area (Å²) in [6, 6.07) is 12.2. The summed E-state index contributed by atoms with van der Waals surface area (Å²) in [6.07, 6.45) is 1.41. The Bertz CT molecular complexity index is 1130. The van der Waals surface area contributed by atoms with Gasteiger partial charge in [0.2, 0.25) is 5.91 Å². The molecule has 0 bridgehead atoms. The van der Waals surface area contributed by atoms with E-state index in [-0.39, 0.29) is 28.3 Å². The zero-order valence-electron chi connectivity index (χ0n) is 15.5. The molecule has 3 rings (SSSR count). The van der Waals surface area contributed by atoms with Gasteiger partial charge in [0.1, 0.15) is 11.3 Å². The Kier molecular flexibility index (Phi) is 5.60. The van der Waals surface area contributed by atoms with Crippen molar-refractivity contribution in [3.05, 3.63) is 66.1 Å². The lowest BCUT2D eigenvalue weighted by atomic mass is 10.1. The van der Waals surface area contributed by atoms with Gasteiger partial charge in [-0.1, -0.05) is 18.2 Å². The number of fused-ring (bicyclic) bond motifs is 1. The number of carbonyl (C=O) groups is 1. The summed E-state index contributed by atoms with van der Waals surface area (Å²) in [4.78, 5) is 17.2. The van der Waals surface area contributed by atoms with Gasteiger partial charge in [-0.05, 0) is 42.8 Å². The second kappa shape index (κ2) is 7.93. The maximum Gasteiger partial charge on any atom is 0.262 e. The molecule has 146 valence electrons. The number of nitrogens with zero attached hydrogens (tertiary/aromatic N) is 2. The average Bonchev–Trinajstić information content (AvgIpc) is 2.67.